The molecule has 27 heavy (non-hydrogen) atoms. The van der Waals surface area contributed by atoms with Crippen LogP contribution in [0.1, 0.15) is 25.3 Å². The van der Waals surface area contributed by atoms with Gasteiger partial charge in [-0.1, -0.05) is 0 Å². The predicted molar refractivity (Wildman–Crippen MR) is 92.3 cm³/mol. The first-order chi connectivity index (χ1) is 12.9. The van der Waals surface area contributed by atoms with Crippen LogP contribution in [0, 0.1) is 5.92 Å². The topological polar surface area (TPSA) is 99.9 Å². The minimum absolute atomic E-state index is 0.0864. The molecule has 0 spiro atoms. The van der Waals surface area contributed by atoms with E-state index in [4.69, 9.17) is 4.74 Å². The lowest BCUT2D eigenvalue weighted by atomic mass is 9.82. The Morgan fingerprint density at radius 2 is 2.11 bits per heavy atom. The van der Waals surface area contributed by atoms with Gasteiger partial charge in [0, 0.05) is 43.3 Å². The van der Waals surface area contributed by atoms with Gasteiger partial charge in [0.15, 0.2) is 6.23 Å². The van der Waals surface area contributed by atoms with Gasteiger partial charge in [-0.15, -0.1) is 0 Å². The number of carbonyl (C=O) groups is 1. The Kier molecular flexibility index (Phi) is 5.64. The fourth-order valence-corrected chi connectivity index (χ4v) is 2.81. The average molecular weight is 381 g/mol. The number of nitrogens with zero attached hydrogens (tertiary/aromatic N) is 4. The lowest BCUT2D eigenvalue weighted by Gasteiger charge is -2.34. The summed E-state index contributed by atoms with van der Waals surface area (Å²) in [6.07, 6.45) is 4.75. The van der Waals surface area contributed by atoms with Gasteiger partial charge in [-0.05, 0) is 19.1 Å². The number of aromatic nitrogens is 2. The Bertz CT molecular complexity index is 731. The maximum absolute atomic E-state index is 12.8. The second-order valence-electron chi connectivity index (χ2n) is 6.50. The van der Waals surface area contributed by atoms with E-state index in [1.165, 1.54) is 23.5 Å². The van der Waals surface area contributed by atoms with Crippen LogP contribution in [0.15, 0.2) is 29.6 Å². The third-order valence-electron chi connectivity index (χ3n) is 4.19. The van der Waals surface area contributed by atoms with Crippen LogP contribution < -0.4 is 10.1 Å². The quantitative estimate of drug-likeness (QED) is 0.729. The SMILES string of the molecule is CCNC(=O)CN1N=C(c2cnc(OCC3CC(F)(F)C3)nc2)C=CC1O. The molecule has 0 radical (unpaired) electrons. The van der Waals surface area contributed by atoms with Gasteiger partial charge in [-0.2, -0.15) is 5.10 Å². The van der Waals surface area contributed by atoms with E-state index in [-0.39, 0.29) is 43.8 Å². The Balaban J connectivity index is 1.58. The highest BCUT2D eigenvalue weighted by Crippen LogP contribution is 2.42. The van der Waals surface area contributed by atoms with Crippen LogP contribution in [0.3, 0.4) is 0 Å². The molecule has 1 atom stereocenters. The van der Waals surface area contributed by atoms with Crippen molar-refractivity contribution >= 4 is 11.6 Å². The van der Waals surface area contributed by atoms with E-state index >= 15 is 0 Å². The third-order valence-corrected chi connectivity index (χ3v) is 4.19. The standard InChI is InChI=1S/C17H21F2N5O3/c1-2-20-14(25)9-24-15(26)4-3-13(23-24)12-7-21-16(22-8-12)27-10-11-5-17(18,19)6-11/h3-4,7-8,11,15,26H,2,5-6,9-10H2,1H3,(H,20,25). The molecule has 1 aromatic heterocycles. The minimum Gasteiger partial charge on any atom is -0.463 e. The number of alkyl halides is 2. The summed E-state index contributed by atoms with van der Waals surface area (Å²) in [6, 6.07) is 0.105. The van der Waals surface area contributed by atoms with Crippen LogP contribution >= 0.6 is 0 Å². The van der Waals surface area contributed by atoms with Crippen LogP contribution in [0.5, 0.6) is 6.01 Å². The number of likely N-dealkylation sites (N-methyl/N-ethyl adjacent to an activating group) is 1. The molecule has 2 N–H and O–H groups in total. The molecule has 0 bridgehead atoms. The monoisotopic (exact) mass is 381 g/mol. The fraction of sp³-hybridized carbons (Fsp3) is 0.529. The zero-order chi connectivity index (χ0) is 19.4. The van der Waals surface area contributed by atoms with Crippen LogP contribution in [-0.2, 0) is 4.79 Å². The maximum Gasteiger partial charge on any atom is 0.316 e. The Morgan fingerprint density at radius 1 is 1.41 bits per heavy atom. The number of aliphatic hydroxyl groups is 1. The van der Waals surface area contributed by atoms with E-state index in [9.17, 15) is 18.7 Å². The number of nitrogens with one attached hydrogen (secondary N) is 1. The molecule has 1 unspecified atom stereocenters. The summed E-state index contributed by atoms with van der Waals surface area (Å²) in [5.74, 6) is -3.01. The summed E-state index contributed by atoms with van der Waals surface area (Å²) in [4.78, 5) is 19.8. The number of rotatable bonds is 7. The molecule has 1 saturated carbocycles. The third kappa shape index (κ3) is 4.97. The number of aliphatic hydroxyl groups excluding tert-OH is 1. The van der Waals surface area contributed by atoms with Crippen molar-refractivity contribution in [2.24, 2.45) is 11.0 Å². The van der Waals surface area contributed by atoms with E-state index < -0.39 is 12.2 Å². The molecule has 10 heteroatoms. The number of hydrazone groups is 1. The summed E-state index contributed by atoms with van der Waals surface area (Å²) in [5, 5.41) is 18.1. The summed E-state index contributed by atoms with van der Waals surface area (Å²) in [6.45, 7) is 2.36. The largest absolute Gasteiger partial charge is 0.463 e. The average Bonchev–Trinajstić information content (AvgIpc) is 2.61. The highest BCUT2D eigenvalue weighted by atomic mass is 19.3. The second-order valence-corrected chi connectivity index (χ2v) is 6.50. The number of halogens is 2. The highest BCUT2D eigenvalue weighted by molar-refractivity contribution is 6.08. The summed E-state index contributed by atoms with van der Waals surface area (Å²) >= 11 is 0. The maximum atomic E-state index is 12.8. The second kappa shape index (κ2) is 7.95. The number of amides is 1. The van der Waals surface area contributed by atoms with Gasteiger partial charge in [-0.3, -0.25) is 9.80 Å². The molecule has 146 valence electrons. The van der Waals surface area contributed by atoms with Crippen molar-refractivity contribution in [2.45, 2.75) is 31.9 Å². The number of carbonyl (C=O) groups excluding carboxylic acids is 1. The molecule has 3 rings (SSSR count). The van der Waals surface area contributed by atoms with E-state index in [1.54, 1.807) is 13.0 Å². The number of hydrogen-bond acceptors (Lipinski definition) is 7. The number of allylic oxidation sites excluding steroid dienone is 1. The fourth-order valence-electron chi connectivity index (χ4n) is 2.81. The van der Waals surface area contributed by atoms with Crippen molar-refractivity contribution in [1.82, 2.24) is 20.3 Å². The molecule has 1 fully saturated rings. The van der Waals surface area contributed by atoms with Crippen molar-refractivity contribution in [3.05, 3.63) is 30.1 Å². The number of hydrogen-bond donors (Lipinski definition) is 2. The van der Waals surface area contributed by atoms with E-state index in [0.29, 0.717) is 17.8 Å². The Labute approximate surface area is 154 Å². The van der Waals surface area contributed by atoms with Gasteiger partial charge in [0.1, 0.15) is 6.54 Å². The van der Waals surface area contributed by atoms with Crippen molar-refractivity contribution in [3.63, 3.8) is 0 Å². The lowest BCUT2D eigenvalue weighted by molar-refractivity contribution is -0.124. The lowest BCUT2D eigenvalue weighted by Crippen LogP contribution is -2.41. The van der Waals surface area contributed by atoms with E-state index in [2.05, 4.69) is 20.4 Å². The summed E-state index contributed by atoms with van der Waals surface area (Å²) in [5.41, 5.74) is 1.05. The molecule has 1 aliphatic heterocycles. The normalized spacial score (nSPS) is 21.4. The molecule has 2 aliphatic rings. The molecular weight excluding hydrogens is 360 g/mol. The molecule has 8 nitrogen and oxygen atoms in total. The highest BCUT2D eigenvalue weighted by Gasteiger charge is 2.45. The van der Waals surface area contributed by atoms with Crippen molar-refractivity contribution < 1.29 is 23.4 Å². The van der Waals surface area contributed by atoms with Gasteiger partial charge in [-0.25, -0.2) is 18.7 Å². The van der Waals surface area contributed by atoms with E-state index in [0.717, 1.165) is 0 Å². The van der Waals surface area contributed by atoms with Gasteiger partial charge >= 0.3 is 6.01 Å². The first-order valence-electron chi connectivity index (χ1n) is 8.67. The summed E-state index contributed by atoms with van der Waals surface area (Å²) in [7, 11) is 0. The summed E-state index contributed by atoms with van der Waals surface area (Å²) < 4.78 is 30.9. The number of ether oxygens (including phenoxy) is 1. The van der Waals surface area contributed by atoms with Crippen LogP contribution in [0.25, 0.3) is 0 Å². The first kappa shape index (κ1) is 19.2. The van der Waals surface area contributed by atoms with Gasteiger partial charge in [0.2, 0.25) is 11.8 Å². The van der Waals surface area contributed by atoms with Crippen LogP contribution in [0.4, 0.5) is 8.78 Å². The predicted octanol–water partition coefficient (Wildman–Crippen LogP) is 0.931. The smallest absolute Gasteiger partial charge is 0.316 e. The molecular formula is C17H21F2N5O3. The Hall–Kier alpha value is -2.62. The molecule has 2 heterocycles. The van der Waals surface area contributed by atoms with Gasteiger partial charge < -0.3 is 15.2 Å². The molecule has 0 saturated heterocycles. The molecule has 1 aliphatic carbocycles. The minimum atomic E-state index is -2.57. The first-order valence-corrected chi connectivity index (χ1v) is 8.67. The van der Waals surface area contributed by atoms with Crippen LogP contribution in [0.2, 0.25) is 0 Å². The van der Waals surface area contributed by atoms with Crippen molar-refractivity contribution in [1.29, 1.82) is 0 Å². The van der Waals surface area contributed by atoms with E-state index in [1.807, 2.05) is 0 Å². The zero-order valence-electron chi connectivity index (χ0n) is 14.8. The van der Waals surface area contributed by atoms with Gasteiger partial charge in [0.05, 0.1) is 12.3 Å². The molecule has 1 amide bonds. The Morgan fingerprint density at radius 3 is 2.74 bits per heavy atom. The van der Waals surface area contributed by atoms with Crippen molar-refractivity contribution in [3.8, 4) is 6.01 Å². The molecule has 0 aromatic carbocycles. The zero-order valence-corrected chi connectivity index (χ0v) is 14.8. The molecule has 1 aromatic rings. The van der Waals surface area contributed by atoms with Crippen LogP contribution in [-0.4, -0.2) is 63.5 Å². The van der Waals surface area contributed by atoms with Gasteiger partial charge in [0.25, 0.3) is 0 Å². The van der Waals surface area contributed by atoms with Crippen molar-refractivity contribution in [2.75, 3.05) is 19.7 Å².